The maximum Gasteiger partial charge on any atom is 0.417 e. The normalized spacial score (nSPS) is 30.7. The second-order valence-electron chi connectivity index (χ2n) is 11.2. The van der Waals surface area contributed by atoms with Crippen molar-refractivity contribution in [1.29, 1.82) is 0 Å². The summed E-state index contributed by atoms with van der Waals surface area (Å²) >= 11 is 0. The van der Waals surface area contributed by atoms with Crippen molar-refractivity contribution in [3.63, 3.8) is 0 Å². The van der Waals surface area contributed by atoms with E-state index < -0.39 is 17.2 Å². The van der Waals surface area contributed by atoms with E-state index in [9.17, 15) is 18.0 Å². The van der Waals surface area contributed by atoms with Crippen LogP contribution in [0.4, 0.5) is 18.9 Å². The van der Waals surface area contributed by atoms with Crippen LogP contribution in [0.15, 0.2) is 36.5 Å². The molecule has 1 aliphatic carbocycles. The second kappa shape index (κ2) is 8.47. The van der Waals surface area contributed by atoms with Gasteiger partial charge in [-0.25, -0.2) is 0 Å². The molecule has 192 valence electrons. The minimum Gasteiger partial charge on any atom is -0.369 e. The number of pyridine rings is 1. The Bertz CT molecular complexity index is 1180. The third-order valence-corrected chi connectivity index (χ3v) is 9.48. The SMILES string of the molecule is Cc1ccccc1N1CCN(C2CCC3(C2)C(=O)N2Cc4cc(C(F)(F)F)cnc4CC2C3C)CC1. The molecule has 0 bridgehead atoms. The van der Waals surface area contributed by atoms with Crippen molar-refractivity contribution in [3.8, 4) is 0 Å². The van der Waals surface area contributed by atoms with E-state index in [-0.39, 0.29) is 24.4 Å². The number of benzene rings is 1. The molecule has 8 heteroatoms. The first-order chi connectivity index (χ1) is 17.2. The number of anilines is 1. The number of para-hydroxylation sites is 1. The molecule has 2 saturated heterocycles. The number of aromatic nitrogens is 1. The van der Waals surface area contributed by atoms with Gasteiger partial charge in [-0.3, -0.25) is 14.7 Å². The number of nitrogens with zero attached hydrogens (tertiary/aromatic N) is 4. The Morgan fingerprint density at radius 1 is 1.11 bits per heavy atom. The van der Waals surface area contributed by atoms with Crippen molar-refractivity contribution < 1.29 is 18.0 Å². The molecule has 4 unspecified atom stereocenters. The highest BCUT2D eigenvalue weighted by atomic mass is 19.4. The molecule has 4 heterocycles. The highest BCUT2D eigenvalue weighted by Crippen LogP contribution is 2.55. The lowest BCUT2D eigenvalue weighted by atomic mass is 9.73. The summed E-state index contributed by atoms with van der Waals surface area (Å²) in [5.74, 6) is 0.310. The van der Waals surface area contributed by atoms with Crippen LogP contribution in [0.5, 0.6) is 0 Å². The van der Waals surface area contributed by atoms with Crippen LogP contribution in [0.25, 0.3) is 0 Å². The Hall–Kier alpha value is -2.61. The number of carbonyl (C=O) groups excluding carboxylic acids is 1. The molecular formula is C28H33F3N4O. The molecule has 6 rings (SSSR count). The van der Waals surface area contributed by atoms with Crippen LogP contribution < -0.4 is 4.90 Å². The molecule has 1 saturated carbocycles. The number of piperazine rings is 1. The highest BCUT2D eigenvalue weighted by Gasteiger charge is 2.61. The standard InChI is InChI=1S/C28H33F3N4O/c1-18-5-3-4-6-24(18)34-11-9-33(10-12-34)22-7-8-27(15-22)19(2)25-14-23-20(17-35(25)26(27)36)13-21(16-32-23)28(29,30)31/h3-6,13,16,19,22,25H,7-12,14-15,17H2,1-2H3. The van der Waals surface area contributed by atoms with Gasteiger partial charge in [-0.15, -0.1) is 0 Å². The number of amides is 1. The number of halogens is 3. The van der Waals surface area contributed by atoms with E-state index in [0.29, 0.717) is 23.7 Å². The fourth-order valence-electron chi connectivity index (χ4n) is 7.36. The molecule has 1 aromatic carbocycles. The lowest BCUT2D eigenvalue weighted by Crippen LogP contribution is -2.50. The Balaban J connectivity index is 1.15. The summed E-state index contributed by atoms with van der Waals surface area (Å²) in [5.41, 5.74) is 2.71. The first-order valence-corrected chi connectivity index (χ1v) is 13.1. The van der Waals surface area contributed by atoms with Gasteiger partial charge in [0, 0.05) is 68.8 Å². The quantitative estimate of drug-likeness (QED) is 0.603. The topological polar surface area (TPSA) is 39.7 Å². The number of hydrogen-bond acceptors (Lipinski definition) is 4. The fraction of sp³-hybridized carbons (Fsp3) is 0.571. The summed E-state index contributed by atoms with van der Waals surface area (Å²) in [7, 11) is 0. The van der Waals surface area contributed by atoms with Crippen LogP contribution in [0.2, 0.25) is 0 Å². The molecule has 1 amide bonds. The van der Waals surface area contributed by atoms with Crippen LogP contribution in [0.3, 0.4) is 0 Å². The molecule has 3 fully saturated rings. The van der Waals surface area contributed by atoms with E-state index in [1.54, 1.807) is 0 Å². The molecule has 1 aromatic heterocycles. The Morgan fingerprint density at radius 3 is 2.58 bits per heavy atom. The minimum atomic E-state index is -4.43. The van der Waals surface area contributed by atoms with Crippen molar-refractivity contribution in [1.82, 2.24) is 14.8 Å². The van der Waals surface area contributed by atoms with E-state index in [1.807, 2.05) is 4.90 Å². The van der Waals surface area contributed by atoms with E-state index in [4.69, 9.17) is 0 Å². The van der Waals surface area contributed by atoms with Gasteiger partial charge >= 0.3 is 6.18 Å². The van der Waals surface area contributed by atoms with Crippen LogP contribution in [-0.2, 0) is 23.9 Å². The van der Waals surface area contributed by atoms with Crippen LogP contribution >= 0.6 is 0 Å². The van der Waals surface area contributed by atoms with E-state index in [0.717, 1.165) is 51.6 Å². The zero-order chi connectivity index (χ0) is 25.2. The Kier molecular flexibility index (Phi) is 5.59. The first-order valence-electron chi connectivity index (χ1n) is 13.1. The zero-order valence-electron chi connectivity index (χ0n) is 20.9. The zero-order valence-corrected chi connectivity index (χ0v) is 20.9. The molecule has 0 radical (unpaired) electrons. The molecule has 3 aliphatic heterocycles. The number of alkyl halides is 3. The lowest BCUT2D eigenvalue weighted by Gasteiger charge is -2.40. The molecule has 4 aliphatic rings. The number of aryl methyl sites for hydroxylation is 1. The highest BCUT2D eigenvalue weighted by molar-refractivity contribution is 5.87. The number of carbonyl (C=O) groups is 1. The van der Waals surface area contributed by atoms with Crippen molar-refractivity contribution in [2.45, 2.75) is 64.3 Å². The average molecular weight is 499 g/mol. The maximum absolute atomic E-state index is 13.8. The summed E-state index contributed by atoms with van der Waals surface area (Å²) in [6.45, 7) is 8.50. The lowest BCUT2D eigenvalue weighted by molar-refractivity contribution is -0.138. The Morgan fingerprint density at radius 2 is 1.86 bits per heavy atom. The van der Waals surface area contributed by atoms with E-state index in [2.05, 4.69) is 52.9 Å². The van der Waals surface area contributed by atoms with Crippen LogP contribution in [0, 0.1) is 18.3 Å². The predicted octanol–water partition coefficient (Wildman–Crippen LogP) is 4.67. The summed E-state index contributed by atoms with van der Waals surface area (Å²) in [5, 5.41) is 0. The van der Waals surface area contributed by atoms with Crippen LogP contribution in [-0.4, -0.2) is 59.0 Å². The van der Waals surface area contributed by atoms with Gasteiger partial charge in [0.15, 0.2) is 0 Å². The maximum atomic E-state index is 13.8. The van der Waals surface area contributed by atoms with Crippen molar-refractivity contribution in [2.24, 2.45) is 11.3 Å². The third kappa shape index (κ3) is 3.71. The first kappa shape index (κ1) is 23.8. The van der Waals surface area contributed by atoms with Crippen molar-refractivity contribution in [2.75, 3.05) is 31.1 Å². The van der Waals surface area contributed by atoms with Crippen molar-refractivity contribution in [3.05, 3.63) is 58.9 Å². The van der Waals surface area contributed by atoms with Gasteiger partial charge in [0.2, 0.25) is 5.91 Å². The van der Waals surface area contributed by atoms with Crippen molar-refractivity contribution >= 4 is 11.6 Å². The fourth-order valence-corrected chi connectivity index (χ4v) is 7.36. The van der Waals surface area contributed by atoms with Gasteiger partial charge in [0.1, 0.15) is 0 Å². The summed E-state index contributed by atoms with van der Waals surface area (Å²) in [6.07, 6.45) is -0.229. The largest absolute Gasteiger partial charge is 0.417 e. The van der Waals surface area contributed by atoms with Gasteiger partial charge in [-0.05, 0) is 55.4 Å². The molecule has 1 spiro atoms. The summed E-state index contributed by atoms with van der Waals surface area (Å²) in [4.78, 5) is 24.9. The number of hydrogen-bond donors (Lipinski definition) is 0. The van der Waals surface area contributed by atoms with Gasteiger partial charge in [-0.2, -0.15) is 13.2 Å². The second-order valence-corrected chi connectivity index (χ2v) is 11.2. The third-order valence-electron chi connectivity index (χ3n) is 9.48. The summed E-state index contributed by atoms with van der Waals surface area (Å²) in [6, 6.07) is 10.1. The molecule has 0 N–H and O–H groups in total. The Labute approximate surface area is 210 Å². The van der Waals surface area contributed by atoms with E-state index >= 15 is 0 Å². The summed E-state index contributed by atoms with van der Waals surface area (Å²) < 4.78 is 39.7. The monoisotopic (exact) mass is 498 g/mol. The van der Waals surface area contributed by atoms with Gasteiger partial charge in [0.05, 0.1) is 11.0 Å². The number of fused-ring (bicyclic) bond motifs is 2. The average Bonchev–Trinajstić information content (AvgIpc) is 3.40. The molecular weight excluding hydrogens is 465 g/mol. The van der Waals surface area contributed by atoms with Gasteiger partial charge < -0.3 is 9.80 Å². The molecule has 2 aromatic rings. The van der Waals surface area contributed by atoms with Crippen LogP contribution in [0.1, 0.15) is 48.6 Å². The number of rotatable bonds is 2. The molecule has 4 atom stereocenters. The molecule has 36 heavy (non-hydrogen) atoms. The van der Waals surface area contributed by atoms with Gasteiger partial charge in [-0.1, -0.05) is 25.1 Å². The smallest absolute Gasteiger partial charge is 0.369 e. The van der Waals surface area contributed by atoms with Gasteiger partial charge in [0.25, 0.3) is 0 Å². The predicted molar refractivity (Wildman–Crippen MR) is 131 cm³/mol. The molecule has 5 nitrogen and oxygen atoms in total. The minimum absolute atomic E-state index is 0.0193. The van der Waals surface area contributed by atoms with E-state index in [1.165, 1.54) is 17.3 Å².